The average molecular weight is 638 g/mol. The molecule has 0 unspecified atom stereocenters. The Morgan fingerprint density at radius 1 is 1.02 bits per heavy atom. The second-order valence-corrected chi connectivity index (χ2v) is 13.9. The van der Waals surface area contributed by atoms with Crippen molar-refractivity contribution in [2.75, 3.05) is 6.54 Å². The highest BCUT2D eigenvalue weighted by atomic mass is 16.2. The molecule has 2 heterocycles. The van der Waals surface area contributed by atoms with Crippen molar-refractivity contribution in [3.05, 3.63) is 36.4 Å². The first-order chi connectivity index (χ1) is 21.7. The molecule has 46 heavy (non-hydrogen) atoms. The molecule has 0 radical (unpaired) electrons. The van der Waals surface area contributed by atoms with E-state index >= 15 is 0 Å². The number of fused-ring (bicyclic) bond motifs is 1. The number of likely N-dealkylation sites (tertiary alicyclic amines) is 1. The Balaban J connectivity index is 1.52. The Labute approximate surface area is 270 Å². The molecule has 1 saturated heterocycles. The molecule has 2 saturated carbocycles. The van der Waals surface area contributed by atoms with Crippen molar-refractivity contribution in [2.24, 2.45) is 17.3 Å². The summed E-state index contributed by atoms with van der Waals surface area (Å²) >= 11 is 0. The van der Waals surface area contributed by atoms with Crippen LogP contribution in [0.15, 0.2) is 30.7 Å². The number of hydrogen-bond acceptors (Lipinski definition) is 8. The van der Waals surface area contributed by atoms with Gasteiger partial charge < -0.3 is 26.2 Å². The molecule has 0 spiro atoms. The van der Waals surface area contributed by atoms with Gasteiger partial charge in [0, 0.05) is 25.0 Å². The largest absolute Gasteiger partial charge is 0.347 e. The molecule has 4 N–H and O–H groups in total. The zero-order chi connectivity index (χ0) is 33.8. The highest BCUT2D eigenvalue weighted by molar-refractivity contribution is 6.38. The standard InChI is InChI=1S/C33H47N7O6/c1-7-9-22(26(41)30(44)36-20-12-13-20)37-29(43)25-21-11-8-10-19(21)17-40(25)32(46)24(18(2)3)38-31(45)27(33(4,5)6)39-28(42)23-16-34-14-15-35-23/h14-16,19-22,24-25,27H,2,7-13,17H2,1,3-6H3,(H,36,44)(H,37,43)(H,38,45)(H,39,42)/t19-,21-,22-,24-,25-,27+/m0/s1. The second-order valence-electron chi connectivity index (χ2n) is 13.9. The average Bonchev–Trinajstić information content (AvgIpc) is 3.57. The molecular formula is C33H47N7O6. The molecular weight excluding hydrogens is 590 g/mol. The van der Waals surface area contributed by atoms with E-state index in [4.69, 9.17) is 0 Å². The van der Waals surface area contributed by atoms with Gasteiger partial charge in [-0.05, 0) is 61.9 Å². The first-order valence-corrected chi connectivity index (χ1v) is 16.2. The van der Waals surface area contributed by atoms with Crippen LogP contribution in [0.5, 0.6) is 0 Å². The fraction of sp³-hybridized carbons (Fsp3) is 0.636. The molecule has 13 heteroatoms. The third-order valence-electron chi connectivity index (χ3n) is 9.01. The Kier molecular flexibility index (Phi) is 10.9. The van der Waals surface area contributed by atoms with Crippen molar-refractivity contribution in [2.45, 2.75) is 110 Å². The van der Waals surface area contributed by atoms with E-state index in [2.05, 4.69) is 37.8 Å². The lowest BCUT2D eigenvalue weighted by Gasteiger charge is -2.34. The first kappa shape index (κ1) is 34.7. The van der Waals surface area contributed by atoms with Crippen molar-refractivity contribution in [3.63, 3.8) is 0 Å². The predicted molar refractivity (Wildman–Crippen MR) is 169 cm³/mol. The molecule has 6 atom stereocenters. The molecule has 1 aromatic heterocycles. The van der Waals surface area contributed by atoms with Crippen LogP contribution in [0.3, 0.4) is 0 Å². The number of Topliss-reactive ketones (excluding diaryl/α,β-unsaturated/α-hetero) is 1. The molecule has 5 amide bonds. The van der Waals surface area contributed by atoms with Gasteiger partial charge in [-0.3, -0.25) is 33.8 Å². The van der Waals surface area contributed by atoms with Gasteiger partial charge in [0.2, 0.25) is 23.5 Å². The van der Waals surface area contributed by atoms with Crippen molar-refractivity contribution in [3.8, 4) is 0 Å². The number of ketones is 1. The molecule has 3 fully saturated rings. The van der Waals surface area contributed by atoms with Gasteiger partial charge in [0.1, 0.15) is 23.8 Å². The van der Waals surface area contributed by atoms with Crippen molar-refractivity contribution >= 4 is 35.3 Å². The van der Waals surface area contributed by atoms with Crippen LogP contribution in [0, 0.1) is 17.3 Å². The molecule has 4 rings (SSSR count). The van der Waals surface area contributed by atoms with Gasteiger partial charge in [-0.15, -0.1) is 0 Å². The number of aromatic nitrogens is 2. The van der Waals surface area contributed by atoms with Gasteiger partial charge >= 0.3 is 0 Å². The summed E-state index contributed by atoms with van der Waals surface area (Å²) in [6.07, 6.45) is 9.13. The maximum Gasteiger partial charge on any atom is 0.289 e. The van der Waals surface area contributed by atoms with E-state index in [9.17, 15) is 28.8 Å². The zero-order valence-electron chi connectivity index (χ0n) is 27.4. The normalized spacial score (nSPS) is 22.5. The maximum atomic E-state index is 14.2. The van der Waals surface area contributed by atoms with Gasteiger partial charge in [0.15, 0.2) is 0 Å². The minimum atomic E-state index is -1.17. The van der Waals surface area contributed by atoms with E-state index < -0.39 is 64.9 Å². The Morgan fingerprint density at radius 3 is 2.33 bits per heavy atom. The summed E-state index contributed by atoms with van der Waals surface area (Å²) in [6, 6.07) is -4.08. The number of carbonyl (C=O) groups is 6. The van der Waals surface area contributed by atoms with Crippen LogP contribution in [0.2, 0.25) is 0 Å². The van der Waals surface area contributed by atoms with Gasteiger partial charge in [-0.1, -0.05) is 47.1 Å². The maximum absolute atomic E-state index is 14.2. The summed E-state index contributed by atoms with van der Waals surface area (Å²) in [6.45, 7) is 13.1. The van der Waals surface area contributed by atoms with E-state index in [-0.39, 0.29) is 30.0 Å². The quantitative estimate of drug-likeness (QED) is 0.185. The summed E-state index contributed by atoms with van der Waals surface area (Å²) in [7, 11) is 0. The highest BCUT2D eigenvalue weighted by Crippen LogP contribution is 2.42. The number of rotatable bonds is 13. The third-order valence-corrected chi connectivity index (χ3v) is 9.01. The van der Waals surface area contributed by atoms with Crippen molar-refractivity contribution in [1.82, 2.24) is 36.1 Å². The summed E-state index contributed by atoms with van der Waals surface area (Å²) in [5.74, 6) is -3.58. The zero-order valence-corrected chi connectivity index (χ0v) is 27.4. The molecule has 3 aliphatic rings. The highest BCUT2D eigenvalue weighted by Gasteiger charge is 2.51. The van der Waals surface area contributed by atoms with Crippen LogP contribution >= 0.6 is 0 Å². The molecule has 1 aliphatic heterocycles. The fourth-order valence-corrected chi connectivity index (χ4v) is 6.41. The predicted octanol–water partition coefficient (Wildman–Crippen LogP) is 1.44. The summed E-state index contributed by atoms with van der Waals surface area (Å²) in [5.41, 5.74) is -0.345. The van der Waals surface area contributed by atoms with Gasteiger partial charge in [-0.25, -0.2) is 4.98 Å². The Bertz CT molecular complexity index is 1360. The second kappa shape index (κ2) is 14.5. The van der Waals surface area contributed by atoms with Crippen molar-refractivity contribution < 1.29 is 28.8 Å². The van der Waals surface area contributed by atoms with Crippen LogP contribution in [0.25, 0.3) is 0 Å². The van der Waals surface area contributed by atoms with Crippen LogP contribution in [-0.2, 0) is 24.0 Å². The number of nitrogens with one attached hydrogen (secondary N) is 4. The molecule has 13 nitrogen and oxygen atoms in total. The lowest BCUT2D eigenvalue weighted by atomic mass is 9.85. The minimum Gasteiger partial charge on any atom is -0.347 e. The number of nitrogens with zero attached hydrogens (tertiary/aromatic N) is 3. The number of carbonyl (C=O) groups excluding carboxylic acids is 6. The van der Waals surface area contributed by atoms with E-state index in [0.29, 0.717) is 18.5 Å². The number of amides is 5. The molecule has 0 aromatic carbocycles. The van der Waals surface area contributed by atoms with Crippen LogP contribution in [0.4, 0.5) is 0 Å². The monoisotopic (exact) mass is 637 g/mol. The Morgan fingerprint density at radius 2 is 1.74 bits per heavy atom. The van der Waals surface area contributed by atoms with E-state index in [1.807, 2.05) is 6.92 Å². The molecule has 0 bridgehead atoms. The number of hydrogen-bond donors (Lipinski definition) is 4. The van der Waals surface area contributed by atoms with Gasteiger partial charge in [0.25, 0.3) is 11.8 Å². The van der Waals surface area contributed by atoms with Crippen LogP contribution in [-0.4, -0.2) is 86.9 Å². The molecule has 250 valence electrons. The van der Waals surface area contributed by atoms with Crippen molar-refractivity contribution in [1.29, 1.82) is 0 Å². The lowest BCUT2D eigenvalue weighted by molar-refractivity contribution is -0.144. The van der Waals surface area contributed by atoms with E-state index in [1.165, 1.54) is 23.5 Å². The first-order valence-electron chi connectivity index (χ1n) is 16.2. The Hall–Kier alpha value is -4.16. The smallest absolute Gasteiger partial charge is 0.289 e. The SMILES string of the molecule is C=C(C)[C@H](NC(=O)[C@@H](NC(=O)c1cnccn1)C(C)(C)C)C(=O)N1C[C@@H]2CCC[C@@H]2[C@H]1C(=O)N[C@@H](CCC)C(=O)C(=O)NC1CC1. The summed E-state index contributed by atoms with van der Waals surface area (Å²) < 4.78 is 0. The van der Waals surface area contributed by atoms with Crippen LogP contribution < -0.4 is 21.3 Å². The summed E-state index contributed by atoms with van der Waals surface area (Å²) in [5, 5.41) is 11.0. The van der Waals surface area contributed by atoms with Crippen LogP contribution in [0.1, 0.15) is 90.1 Å². The topological polar surface area (TPSA) is 180 Å². The van der Waals surface area contributed by atoms with Gasteiger partial charge in [-0.2, -0.15) is 0 Å². The summed E-state index contributed by atoms with van der Waals surface area (Å²) in [4.78, 5) is 89.7. The van der Waals surface area contributed by atoms with E-state index in [1.54, 1.807) is 27.7 Å². The molecule has 1 aromatic rings. The molecule has 2 aliphatic carbocycles. The third kappa shape index (κ3) is 8.16. The minimum absolute atomic E-state index is 0.00382. The van der Waals surface area contributed by atoms with E-state index in [0.717, 1.165) is 32.1 Å². The van der Waals surface area contributed by atoms with Gasteiger partial charge in [0.05, 0.1) is 12.2 Å². The lowest BCUT2D eigenvalue weighted by Crippen LogP contribution is -2.60. The fourth-order valence-electron chi connectivity index (χ4n) is 6.41.